The predicted molar refractivity (Wildman–Crippen MR) is 77.9 cm³/mol. The summed E-state index contributed by atoms with van der Waals surface area (Å²) in [7, 11) is 0. The molecule has 5 nitrogen and oxygen atoms in total. The van der Waals surface area contributed by atoms with Gasteiger partial charge in [0.2, 0.25) is 4.96 Å². The SMILES string of the molecule is Cc1nn2c(CNC(=O)c3ccccc3F)c(C)nc2s1. The van der Waals surface area contributed by atoms with E-state index in [2.05, 4.69) is 15.4 Å². The summed E-state index contributed by atoms with van der Waals surface area (Å²) in [6.07, 6.45) is 0. The van der Waals surface area contributed by atoms with Crippen molar-refractivity contribution >= 4 is 22.2 Å². The van der Waals surface area contributed by atoms with Gasteiger partial charge in [0.05, 0.1) is 23.5 Å². The number of aryl methyl sites for hydroxylation is 2. The number of benzene rings is 1. The topological polar surface area (TPSA) is 59.3 Å². The first-order valence-electron chi connectivity index (χ1n) is 6.40. The summed E-state index contributed by atoms with van der Waals surface area (Å²) in [5.41, 5.74) is 1.65. The van der Waals surface area contributed by atoms with E-state index in [0.29, 0.717) is 0 Å². The van der Waals surface area contributed by atoms with Gasteiger partial charge < -0.3 is 5.32 Å². The fourth-order valence-corrected chi connectivity index (χ4v) is 2.90. The first kappa shape index (κ1) is 13.7. The van der Waals surface area contributed by atoms with Gasteiger partial charge in [0.1, 0.15) is 10.8 Å². The minimum absolute atomic E-state index is 0.0328. The Morgan fingerprint density at radius 1 is 1.38 bits per heavy atom. The number of carbonyl (C=O) groups excluding carboxylic acids is 1. The lowest BCUT2D eigenvalue weighted by Crippen LogP contribution is -2.25. The standard InChI is InChI=1S/C14H13FN4OS/c1-8-12(19-14(17-8)21-9(2)18-19)7-16-13(20)10-5-3-4-6-11(10)15/h3-6H,7H2,1-2H3,(H,16,20). The second-order valence-electron chi connectivity index (χ2n) is 4.62. The third kappa shape index (κ3) is 2.52. The molecule has 0 saturated heterocycles. The summed E-state index contributed by atoms with van der Waals surface area (Å²) in [5.74, 6) is -0.982. The Morgan fingerprint density at radius 2 is 2.14 bits per heavy atom. The van der Waals surface area contributed by atoms with Gasteiger partial charge in [-0.05, 0) is 26.0 Å². The number of hydrogen-bond acceptors (Lipinski definition) is 4. The van der Waals surface area contributed by atoms with Crippen molar-refractivity contribution in [2.24, 2.45) is 0 Å². The molecule has 0 aliphatic rings. The van der Waals surface area contributed by atoms with E-state index in [9.17, 15) is 9.18 Å². The number of imidazole rings is 1. The average molecular weight is 304 g/mol. The van der Waals surface area contributed by atoms with Crippen LogP contribution in [-0.2, 0) is 6.54 Å². The summed E-state index contributed by atoms with van der Waals surface area (Å²) in [4.78, 5) is 17.2. The fraction of sp³-hybridized carbons (Fsp3) is 0.214. The molecule has 0 unspecified atom stereocenters. The predicted octanol–water partition coefficient (Wildman–Crippen LogP) is 2.48. The Balaban J connectivity index is 1.82. The molecule has 2 heterocycles. The highest BCUT2D eigenvalue weighted by Crippen LogP contribution is 2.18. The molecular formula is C14H13FN4OS. The third-order valence-electron chi connectivity index (χ3n) is 3.13. The van der Waals surface area contributed by atoms with E-state index >= 15 is 0 Å². The zero-order chi connectivity index (χ0) is 15.0. The monoisotopic (exact) mass is 304 g/mol. The van der Waals surface area contributed by atoms with E-state index in [1.165, 1.54) is 23.5 Å². The molecular weight excluding hydrogens is 291 g/mol. The molecule has 21 heavy (non-hydrogen) atoms. The number of nitrogens with one attached hydrogen (secondary N) is 1. The number of aromatic nitrogens is 3. The first-order chi connectivity index (χ1) is 10.1. The van der Waals surface area contributed by atoms with Crippen molar-refractivity contribution in [3.05, 3.63) is 52.0 Å². The van der Waals surface area contributed by atoms with Gasteiger partial charge in [0.15, 0.2) is 0 Å². The molecule has 0 aliphatic carbocycles. The summed E-state index contributed by atoms with van der Waals surface area (Å²) >= 11 is 1.49. The van der Waals surface area contributed by atoms with Gasteiger partial charge in [-0.1, -0.05) is 23.5 Å². The molecule has 0 saturated carbocycles. The Morgan fingerprint density at radius 3 is 2.90 bits per heavy atom. The minimum Gasteiger partial charge on any atom is -0.346 e. The van der Waals surface area contributed by atoms with Crippen LogP contribution in [0.1, 0.15) is 26.8 Å². The summed E-state index contributed by atoms with van der Waals surface area (Å²) in [6, 6.07) is 5.90. The highest BCUT2D eigenvalue weighted by Gasteiger charge is 2.15. The number of carbonyl (C=O) groups is 1. The number of nitrogens with zero attached hydrogens (tertiary/aromatic N) is 3. The molecule has 0 aliphatic heterocycles. The third-order valence-corrected chi connectivity index (χ3v) is 3.96. The molecule has 7 heteroatoms. The van der Waals surface area contributed by atoms with Crippen LogP contribution in [0.5, 0.6) is 0 Å². The second kappa shape index (κ2) is 5.25. The average Bonchev–Trinajstić information content (AvgIpc) is 2.92. The molecule has 0 spiro atoms. The zero-order valence-electron chi connectivity index (χ0n) is 11.6. The van der Waals surface area contributed by atoms with Crippen molar-refractivity contribution in [2.45, 2.75) is 20.4 Å². The molecule has 2 aromatic heterocycles. The lowest BCUT2D eigenvalue weighted by atomic mass is 10.2. The molecule has 0 radical (unpaired) electrons. The minimum atomic E-state index is -0.533. The molecule has 1 amide bonds. The van der Waals surface area contributed by atoms with Crippen LogP contribution in [0.3, 0.4) is 0 Å². The van der Waals surface area contributed by atoms with Crippen LogP contribution in [0.2, 0.25) is 0 Å². The van der Waals surface area contributed by atoms with Crippen molar-refractivity contribution in [3.8, 4) is 0 Å². The first-order valence-corrected chi connectivity index (χ1v) is 7.22. The van der Waals surface area contributed by atoms with Crippen molar-refractivity contribution in [1.29, 1.82) is 0 Å². The van der Waals surface area contributed by atoms with E-state index in [1.54, 1.807) is 16.6 Å². The van der Waals surface area contributed by atoms with E-state index in [1.807, 2.05) is 13.8 Å². The molecule has 3 rings (SSSR count). The van der Waals surface area contributed by atoms with Crippen molar-refractivity contribution in [2.75, 3.05) is 0 Å². The summed E-state index contributed by atoms with van der Waals surface area (Å²) < 4.78 is 15.3. The summed E-state index contributed by atoms with van der Waals surface area (Å²) in [6.45, 7) is 4.01. The normalized spacial score (nSPS) is 11.0. The Hall–Kier alpha value is -2.28. The summed E-state index contributed by atoms with van der Waals surface area (Å²) in [5, 5.41) is 7.96. The number of halogens is 1. The van der Waals surface area contributed by atoms with Crippen LogP contribution in [0, 0.1) is 19.7 Å². The maximum absolute atomic E-state index is 13.6. The molecule has 108 valence electrons. The van der Waals surface area contributed by atoms with Gasteiger partial charge in [-0.25, -0.2) is 13.9 Å². The Labute approximate surface area is 124 Å². The van der Waals surface area contributed by atoms with Crippen LogP contribution in [0.15, 0.2) is 24.3 Å². The number of rotatable bonds is 3. The van der Waals surface area contributed by atoms with Crippen molar-refractivity contribution < 1.29 is 9.18 Å². The Kier molecular flexibility index (Phi) is 3.42. The van der Waals surface area contributed by atoms with Gasteiger partial charge >= 0.3 is 0 Å². The second-order valence-corrected chi connectivity index (χ2v) is 5.78. The molecule has 1 N–H and O–H groups in total. The lowest BCUT2D eigenvalue weighted by Gasteiger charge is -2.05. The molecule has 3 aromatic rings. The van der Waals surface area contributed by atoms with Crippen LogP contribution in [-0.4, -0.2) is 20.5 Å². The van der Waals surface area contributed by atoms with Gasteiger partial charge in [0, 0.05) is 0 Å². The van der Waals surface area contributed by atoms with Crippen LogP contribution in [0.25, 0.3) is 4.96 Å². The maximum Gasteiger partial charge on any atom is 0.254 e. The fourth-order valence-electron chi connectivity index (χ4n) is 2.09. The zero-order valence-corrected chi connectivity index (χ0v) is 12.4. The van der Waals surface area contributed by atoms with E-state index in [4.69, 9.17) is 0 Å². The largest absolute Gasteiger partial charge is 0.346 e. The number of hydrogen-bond donors (Lipinski definition) is 1. The van der Waals surface area contributed by atoms with E-state index in [0.717, 1.165) is 21.4 Å². The van der Waals surface area contributed by atoms with Crippen LogP contribution in [0.4, 0.5) is 4.39 Å². The molecule has 0 bridgehead atoms. The molecule has 0 fully saturated rings. The maximum atomic E-state index is 13.6. The number of fused-ring (bicyclic) bond motifs is 1. The van der Waals surface area contributed by atoms with E-state index in [-0.39, 0.29) is 12.1 Å². The van der Waals surface area contributed by atoms with Gasteiger partial charge in [-0.3, -0.25) is 4.79 Å². The number of amides is 1. The highest BCUT2D eigenvalue weighted by atomic mass is 32.1. The quantitative estimate of drug-likeness (QED) is 0.808. The van der Waals surface area contributed by atoms with Gasteiger partial charge in [-0.2, -0.15) is 5.10 Å². The molecule has 0 atom stereocenters. The van der Waals surface area contributed by atoms with Crippen LogP contribution < -0.4 is 5.32 Å². The van der Waals surface area contributed by atoms with Gasteiger partial charge in [-0.15, -0.1) is 0 Å². The molecule has 1 aromatic carbocycles. The van der Waals surface area contributed by atoms with E-state index < -0.39 is 11.7 Å². The van der Waals surface area contributed by atoms with Crippen LogP contribution >= 0.6 is 11.3 Å². The van der Waals surface area contributed by atoms with Gasteiger partial charge in [0.25, 0.3) is 5.91 Å². The van der Waals surface area contributed by atoms with Crippen molar-refractivity contribution in [3.63, 3.8) is 0 Å². The lowest BCUT2D eigenvalue weighted by molar-refractivity contribution is 0.0946. The Bertz CT molecular complexity index is 824. The van der Waals surface area contributed by atoms with Crippen molar-refractivity contribution in [1.82, 2.24) is 19.9 Å². The highest BCUT2D eigenvalue weighted by molar-refractivity contribution is 7.16. The smallest absolute Gasteiger partial charge is 0.254 e.